The fourth-order valence-electron chi connectivity index (χ4n) is 1.75. The number of rotatable bonds is 1. The Morgan fingerprint density at radius 1 is 0.900 bits per heavy atom. The molecule has 0 radical (unpaired) electrons. The maximum atomic E-state index is 9.48. The number of hydrogen-bond acceptors (Lipinski definition) is 3. The molecule has 0 aliphatic rings. The zero-order valence-electron chi connectivity index (χ0n) is 12.3. The van der Waals surface area contributed by atoms with Gasteiger partial charge in [0.2, 0.25) is 0 Å². The average molecular weight is 273 g/mol. The van der Waals surface area contributed by atoms with Crippen molar-refractivity contribution in [2.24, 2.45) is 5.73 Å². The molecule has 0 amide bonds. The quantitative estimate of drug-likeness (QED) is 0.696. The Morgan fingerprint density at radius 2 is 1.50 bits per heavy atom. The molecule has 0 unspecified atom stereocenters. The summed E-state index contributed by atoms with van der Waals surface area (Å²) in [5.41, 5.74) is 7.17. The second kappa shape index (κ2) is 6.96. The molecule has 0 aromatic heterocycles. The highest BCUT2D eigenvalue weighted by atomic mass is 16.3. The van der Waals surface area contributed by atoms with Crippen LogP contribution in [0.3, 0.4) is 0 Å². The molecule has 0 atom stereocenters. The smallest absolute Gasteiger partial charge is 0.161 e. The van der Waals surface area contributed by atoms with Gasteiger partial charge in [0, 0.05) is 12.1 Å². The maximum absolute atomic E-state index is 9.48. The van der Waals surface area contributed by atoms with Gasteiger partial charge >= 0.3 is 0 Å². The van der Waals surface area contributed by atoms with Crippen LogP contribution >= 0.6 is 0 Å². The Balaban J connectivity index is 0.000000217. The van der Waals surface area contributed by atoms with Crippen molar-refractivity contribution in [3.63, 3.8) is 0 Å². The first kappa shape index (κ1) is 16.1. The Kier molecular flexibility index (Phi) is 5.59. The van der Waals surface area contributed by atoms with Gasteiger partial charge in [-0.05, 0) is 17.0 Å². The van der Waals surface area contributed by atoms with E-state index in [0.29, 0.717) is 6.54 Å². The highest BCUT2D eigenvalue weighted by Crippen LogP contribution is 2.36. The van der Waals surface area contributed by atoms with Gasteiger partial charge in [-0.15, -0.1) is 0 Å². The fourth-order valence-corrected chi connectivity index (χ4v) is 1.75. The summed E-state index contributed by atoms with van der Waals surface area (Å²) in [4.78, 5) is 0. The predicted octanol–water partition coefficient (Wildman–Crippen LogP) is 3.54. The van der Waals surface area contributed by atoms with E-state index in [1.54, 1.807) is 6.07 Å². The molecule has 0 heterocycles. The Bertz CT molecular complexity index is 530. The molecule has 4 N–H and O–H groups in total. The van der Waals surface area contributed by atoms with E-state index in [0.717, 1.165) is 5.56 Å². The van der Waals surface area contributed by atoms with Crippen LogP contribution in [0.2, 0.25) is 0 Å². The number of para-hydroxylation sites is 1. The summed E-state index contributed by atoms with van der Waals surface area (Å²) in [5, 5.41) is 18.7. The molecule has 108 valence electrons. The van der Waals surface area contributed by atoms with Gasteiger partial charge in [0.25, 0.3) is 0 Å². The minimum Gasteiger partial charge on any atom is -0.504 e. The summed E-state index contributed by atoms with van der Waals surface area (Å²) in [6.45, 7) is 6.60. The monoisotopic (exact) mass is 273 g/mol. The van der Waals surface area contributed by atoms with Gasteiger partial charge in [-0.1, -0.05) is 63.2 Å². The summed E-state index contributed by atoms with van der Waals surface area (Å²) >= 11 is 0. The fraction of sp³-hybridized carbons (Fsp3) is 0.294. The normalized spacial score (nSPS) is 10.6. The third-order valence-corrected chi connectivity index (χ3v) is 2.90. The third kappa shape index (κ3) is 4.59. The first-order valence-electron chi connectivity index (χ1n) is 6.61. The van der Waals surface area contributed by atoms with Crippen LogP contribution in [-0.4, -0.2) is 10.2 Å². The number of phenolic OH excluding ortho intramolecular Hbond substituents is 2. The number of aromatic hydroxyl groups is 2. The van der Waals surface area contributed by atoms with Crippen molar-refractivity contribution in [1.82, 2.24) is 0 Å². The van der Waals surface area contributed by atoms with Crippen LogP contribution in [0.4, 0.5) is 0 Å². The molecule has 0 saturated heterocycles. The van der Waals surface area contributed by atoms with Crippen molar-refractivity contribution >= 4 is 0 Å². The van der Waals surface area contributed by atoms with Crippen molar-refractivity contribution in [3.8, 4) is 11.5 Å². The lowest BCUT2D eigenvalue weighted by Gasteiger charge is -2.20. The van der Waals surface area contributed by atoms with Crippen LogP contribution in [0.25, 0.3) is 0 Å². The van der Waals surface area contributed by atoms with Crippen LogP contribution in [0, 0.1) is 0 Å². The Morgan fingerprint density at radius 3 is 1.90 bits per heavy atom. The molecule has 3 heteroatoms. The van der Waals surface area contributed by atoms with Gasteiger partial charge in [0.05, 0.1) is 0 Å². The average Bonchev–Trinajstić information content (AvgIpc) is 2.42. The predicted molar refractivity (Wildman–Crippen MR) is 82.8 cm³/mol. The lowest BCUT2D eigenvalue weighted by molar-refractivity contribution is 0.389. The third-order valence-electron chi connectivity index (χ3n) is 2.90. The molecule has 0 fully saturated rings. The molecule has 0 aliphatic carbocycles. The van der Waals surface area contributed by atoms with E-state index < -0.39 is 0 Å². The summed E-state index contributed by atoms with van der Waals surface area (Å²) in [7, 11) is 0. The van der Waals surface area contributed by atoms with Gasteiger partial charge in [0.15, 0.2) is 11.5 Å². The molecule has 2 aromatic carbocycles. The molecule has 3 nitrogen and oxygen atoms in total. The van der Waals surface area contributed by atoms with Crippen molar-refractivity contribution in [3.05, 3.63) is 59.7 Å². The Hall–Kier alpha value is -2.00. The van der Waals surface area contributed by atoms with Crippen LogP contribution in [0.1, 0.15) is 31.9 Å². The topological polar surface area (TPSA) is 66.5 Å². The van der Waals surface area contributed by atoms with E-state index in [9.17, 15) is 10.2 Å². The highest BCUT2D eigenvalue weighted by Gasteiger charge is 2.19. The van der Waals surface area contributed by atoms with Crippen LogP contribution in [0.5, 0.6) is 11.5 Å². The number of hydrogen-bond donors (Lipinski definition) is 3. The van der Waals surface area contributed by atoms with Gasteiger partial charge in [-0.3, -0.25) is 0 Å². The van der Waals surface area contributed by atoms with Crippen molar-refractivity contribution in [1.29, 1.82) is 0 Å². The molecular formula is C17H23NO2. The molecule has 20 heavy (non-hydrogen) atoms. The summed E-state index contributed by atoms with van der Waals surface area (Å²) in [5.74, 6) is -0.0626. The largest absolute Gasteiger partial charge is 0.504 e. The SMILES string of the molecule is CC(C)(C)c1cccc(O)c1O.NCc1ccccc1. The number of benzene rings is 2. The highest BCUT2D eigenvalue weighted by molar-refractivity contribution is 5.47. The van der Waals surface area contributed by atoms with Crippen molar-refractivity contribution < 1.29 is 10.2 Å². The minimum absolute atomic E-state index is 0.00926. The maximum Gasteiger partial charge on any atom is 0.161 e. The zero-order valence-corrected chi connectivity index (χ0v) is 12.3. The van der Waals surface area contributed by atoms with E-state index in [2.05, 4.69) is 0 Å². The second-order valence-corrected chi connectivity index (χ2v) is 5.61. The first-order chi connectivity index (χ1) is 9.36. The number of phenols is 2. The minimum atomic E-state index is -0.136. The lowest BCUT2D eigenvalue weighted by atomic mass is 9.86. The van der Waals surface area contributed by atoms with Gasteiger partial charge in [-0.2, -0.15) is 0 Å². The van der Waals surface area contributed by atoms with Gasteiger partial charge in [0.1, 0.15) is 0 Å². The zero-order chi connectivity index (χ0) is 15.2. The van der Waals surface area contributed by atoms with Crippen molar-refractivity contribution in [2.75, 3.05) is 0 Å². The van der Waals surface area contributed by atoms with Crippen LogP contribution in [-0.2, 0) is 12.0 Å². The van der Waals surface area contributed by atoms with Crippen LogP contribution < -0.4 is 5.73 Å². The standard InChI is InChI=1S/C10H14O2.C7H9N/c1-10(2,3)7-5-4-6-8(11)9(7)12;8-6-7-4-2-1-3-5-7/h4-6,11-12H,1-3H3;1-5H,6,8H2. The summed E-state index contributed by atoms with van der Waals surface area (Å²) in [6.07, 6.45) is 0. The molecular weight excluding hydrogens is 250 g/mol. The van der Waals surface area contributed by atoms with Gasteiger partial charge < -0.3 is 15.9 Å². The molecule has 0 aliphatic heterocycles. The van der Waals surface area contributed by atoms with Crippen LogP contribution in [0.15, 0.2) is 48.5 Å². The molecule has 2 rings (SSSR count). The summed E-state index contributed by atoms with van der Waals surface area (Å²) < 4.78 is 0. The van der Waals surface area contributed by atoms with E-state index in [4.69, 9.17) is 5.73 Å². The van der Waals surface area contributed by atoms with Crippen molar-refractivity contribution in [2.45, 2.75) is 32.7 Å². The first-order valence-corrected chi connectivity index (χ1v) is 6.61. The molecule has 0 saturated carbocycles. The van der Waals surface area contributed by atoms with Gasteiger partial charge in [-0.25, -0.2) is 0 Å². The van der Waals surface area contributed by atoms with E-state index in [1.165, 1.54) is 11.6 Å². The second-order valence-electron chi connectivity index (χ2n) is 5.61. The van der Waals surface area contributed by atoms with E-state index in [1.807, 2.05) is 57.2 Å². The lowest BCUT2D eigenvalue weighted by Crippen LogP contribution is -2.10. The summed E-state index contributed by atoms with van der Waals surface area (Å²) in [6, 6.07) is 15.0. The molecule has 0 bridgehead atoms. The van der Waals surface area contributed by atoms with E-state index >= 15 is 0 Å². The Labute approximate surface area is 120 Å². The molecule has 2 aromatic rings. The van der Waals surface area contributed by atoms with E-state index in [-0.39, 0.29) is 16.9 Å². The number of nitrogens with two attached hydrogens (primary N) is 1. The molecule has 0 spiro atoms.